The zero-order valence-corrected chi connectivity index (χ0v) is 14.8. The van der Waals surface area contributed by atoms with E-state index in [9.17, 15) is 18.4 Å². The van der Waals surface area contributed by atoms with Crippen molar-refractivity contribution in [2.75, 3.05) is 0 Å². The van der Waals surface area contributed by atoms with Crippen molar-refractivity contribution in [3.8, 4) is 23.0 Å². The van der Waals surface area contributed by atoms with Crippen molar-refractivity contribution < 1.29 is 13.2 Å². The molecule has 28 heavy (non-hydrogen) atoms. The van der Waals surface area contributed by atoms with E-state index in [1.165, 1.54) is 12.4 Å². The maximum absolute atomic E-state index is 13.2. The van der Waals surface area contributed by atoms with Gasteiger partial charge in [-0.15, -0.1) is 0 Å². The Morgan fingerprint density at radius 3 is 2.71 bits per heavy atom. The number of nitrogens with zero attached hydrogens (tertiary/aromatic N) is 5. The number of hydrogen-bond acceptors (Lipinski definition) is 3. The van der Waals surface area contributed by atoms with Crippen LogP contribution in [0.4, 0.5) is 13.2 Å². The molecule has 0 fully saturated rings. The number of fused-ring (bicyclic) bond motifs is 1. The summed E-state index contributed by atoms with van der Waals surface area (Å²) in [5, 5.41) is 13.7. The van der Waals surface area contributed by atoms with Crippen LogP contribution in [0.5, 0.6) is 0 Å². The maximum Gasteiger partial charge on any atom is 0.416 e. The lowest BCUT2D eigenvalue weighted by molar-refractivity contribution is -0.137. The molecule has 0 aliphatic carbocycles. The molecule has 140 valence electrons. The van der Waals surface area contributed by atoms with E-state index in [0.29, 0.717) is 28.9 Å². The molecule has 0 saturated heterocycles. The second kappa shape index (κ2) is 6.53. The molecule has 1 aromatic carbocycles. The molecule has 0 saturated carbocycles. The Kier molecular flexibility index (Phi) is 4.15. The van der Waals surface area contributed by atoms with E-state index >= 15 is 0 Å². The van der Waals surface area contributed by atoms with E-state index in [1.807, 2.05) is 6.92 Å². The van der Waals surface area contributed by atoms with Gasteiger partial charge in [-0.3, -0.25) is 4.57 Å². The molecule has 0 atom stereocenters. The van der Waals surface area contributed by atoms with Gasteiger partial charge in [0, 0.05) is 18.0 Å². The second-order valence-corrected chi connectivity index (χ2v) is 6.24. The summed E-state index contributed by atoms with van der Waals surface area (Å²) in [7, 11) is 0. The van der Waals surface area contributed by atoms with E-state index in [0.717, 1.165) is 17.7 Å². The summed E-state index contributed by atoms with van der Waals surface area (Å²) < 4.78 is 42.8. The summed E-state index contributed by atoms with van der Waals surface area (Å²) in [6, 6.07) is 11.0. The molecule has 0 aliphatic heterocycles. The normalized spacial score (nSPS) is 11.7. The number of aromatic nitrogens is 4. The van der Waals surface area contributed by atoms with Crippen molar-refractivity contribution >= 4 is 5.52 Å². The third kappa shape index (κ3) is 2.91. The van der Waals surface area contributed by atoms with E-state index in [1.54, 1.807) is 39.7 Å². The van der Waals surface area contributed by atoms with Gasteiger partial charge in [0.15, 0.2) is 5.82 Å². The number of halogens is 3. The van der Waals surface area contributed by atoms with Gasteiger partial charge in [-0.1, -0.05) is 13.0 Å². The van der Waals surface area contributed by atoms with Crippen LogP contribution < -0.4 is 0 Å². The van der Waals surface area contributed by atoms with Gasteiger partial charge in [0.2, 0.25) is 0 Å². The van der Waals surface area contributed by atoms with Crippen LogP contribution in [0.3, 0.4) is 0 Å². The van der Waals surface area contributed by atoms with Crippen molar-refractivity contribution in [3.05, 3.63) is 71.9 Å². The second-order valence-electron chi connectivity index (χ2n) is 6.24. The molecule has 3 aromatic heterocycles. The number of aryl methyl sites for hydroxylation is 1. The van der Waals surface area contributed by atoms with Crippen LogP contribution in [0.1, 0.15) is 23.7 Å². The first-order chi connectivity index (χ1) is 13.4. The first-order valence-corrected chi connectivity index (χ1v) is 8.54. The number of benzene rings is 1. The fraction of sp³-hybridized carbons (Fsp3) is 0.150. The largest absolute Gasteiger partial charge is 0.416 e. The summed E-state index contributed by atoms with van der Waals surface area (Å²) in [6.07, 6.45) is 0.885. The third-order valence-electron chi connectivity index (χ3n) is 4.61. The molecule has 0 aliphatic rings. The smallest absolute Gasteiger partial charge is 0.290 e. The van der Waals surface area contributed by atoms with Crippen molar-refractivity contribution in [2.45, 2.75) is 19.5 Å². The van der Waals surface area contributed by atoms with E-state index < -0.39 is 11.7 Å². The predicted octanol–water partition coefficient (Wildman–Crippen LogP) is 4.64. The average Bonchev–Trinajstić information content (AvgIpc) is 3.33. The molecule has 0 radical (unpaired) electrons. The summed E-state index contributed by atoms with van der Waals surface area (Å²) in [5.74, 6) is 0.479. The van der Waals surface area contributed by atoms with Crippen LogP contribution in [0.2, 0.25) is 0 Å². The van der Waals surface area contributed by atoms with Crippen LogP contribution in [0.15, 0.2) is 55.1 Å². The lowest BCUT2D eigenvalue weighted by Crippen LogP contribution is -2.05. The van der Waals surface area contributed by atoms with Crippen LogP contribution in [0, 0.1) is 11.3 Å². The van der Waals surface area contributed by atoms with Gasteiger partial charge in [0.25, 0.3) is 0 Å². The summed E-state index contributed by atoms with van der Waals surface area (Å²) in [4.78, 5) is 4.26. The van der Waals surface area contributed by atoms with E-state index in [-0.39, 0.29) is 5.69 Å². The Morgan fingerprint density at radius 2 is 2.00 bits per heavy atom. The fourth-order valence-electron chi connectivity index (χ4n) is 3.24. The Labute approximate surface area is 158 Å². The summed E-state index contributed by atoms with van der Waals surface area (Å²) in [5.41, 5.74) is 1.99. The van der Waals surface area contributed by atoms with Crippen molar-refractivity contribution in [2.24, 2.45) is 0 Å². The Balaban J connectivity index is 1.92. The molecule has 3 heterocycles. The van der Waals surface area contributed by atoms with E-state index in [2.05, 4.69) is 16.2 Å². The van der Waals surface area contributed by atoms with Gasteiger partial charge in [0.1, 0.15) is 23.6 Å². The molecule has 0 unspecified atom stereocenters. The molecule has 0 amide bonds. The maximum atomic E-state index is 13.2. The first-order valence-electron chi connectivity index (χ1n) is 8.54. The fourth-order valence-corrected chi connectivity index (χ4v) is 3.24. The predicted molar refractivity (Wildman–Crippen MR) is 96.8 cm³/mol. The molecule has 4 aromatic rings. The standard InChI is InChI=1S/C20H14F3N5/c1-2-13-5-6-15(20(21,22)23)9-17(13)14-8-16(10-24)27(11-14)19-18-4-3-7-28(18)26-12-25-19/h3-9,11-12H,2H2,1H3. The van der Waals surface area contributed by atoms with Crippen LogP contribution in [-0.4, -0.2) is 19.2 Å². The monoisotopic (exact) mass is 381 g/mol. The van der Waals surface area contributed by atoms with Crippen LogP contribution in [0.25, 0.3) is 22.5 Å². The zero-order chi connectivity index (χ0) is 19.9. The quantitative estimate of drug-likeness (QED) is 0.519. The molecule has 5 nitrogen and oxygen atoms in total. The molecule has 0 N–H and O–H groups in total. The highest BCUT2D eigenvalue weighted by Crippen LogP contribution is 2.35. The van der Waals surface area contributed by atoms with Crippen molar-refractivity contribution in [1.82, 2.24) is 19.2 Å². The van der Waals surface area contributed by atoms with Gasteiger partial charge in [-0.25, -0.2) is 9.50 Å². The molecule has 8 heteroatoms. The Bertz CT molecular complexity index is 1210. The SMILES string of the molecule is CCc1ccc(C(F)(F)F)cc1-c1cc(C#N)n(-c2ncnn3cccc23)c1. The first kappa shape index (κ1) is 17.8. The Morgan fingerprint density at radius 1 is 1.18 bits per heavy atom. The lowest BCUT2D eigenvalue weighted by Gasteiger charge is -2.12. The minimum absolute atomic E-state index is 0.274. The number of rotatable bonds is 3. The highest BCUT2D eigenvalue weighted by Gasteiger charge is 2.31. The van der Waals surface area contributed by atoms with Gasteiger partial charge >= 0.3 is 6.18 Å². The highest BCUT2D eigenvalue weighted by atomic mass is 19.4. The average molecular weight is 381 g/mol. The molecular weight excluding hydrogens is 367 g/mol. The van der Waals surface area contributed by atoms with Gasteiger partial charge in [-0.2, -0.15) is 23.5 Å². The number of nitriles is 1. The summed E-state index contributed by atoms with van der Waals surface area (Å²) >= 11 is 0. The van der Waals surface area contributed by atoms with Gasteiger partial charge in [-0.05, 0) is 47.9 Å². The number of alkyl halides is 3. The molecular formula is C20H14F3N5. The van der Waals surface area contributed by atoms with Crippen molar-refractivity contribution in [1.29, 1.82) is 5.26 Å². The van der Waals surface area contributed by atoms with Crippen molar-refractivity contribution in [3.63, 3.8) is 0 Å². The zero-order valence-electron chi connectivity index (χ0n) is 14.8. The van der Waals surface area contributed by atoms with Gasteiger partial charge in [0.05, 0.1) is 5.56 Å². The Hall–Kier alpha value is -3.60. The van der Waals surface area contributed by atoms with Crippen LogP contribution in [-0.2, 0) is 12.6 Å². The van der Waals surface area contributed by atoms with E-state index in [4.69, 9.17) is 0 Å². The molecule has 0 spiro atoms. The molecule has 0 bridgehead atoms. The minimum Gasteiger partial charge on any atom is -0.290 e. The number of hydrogen-bond donors (Lipinski definition) is 0. The summed E-state index contributed by atoms with van der Waals surface area (Å²) in [6.45, 7) is 1.88. The van der Waals surface area contributed by atoms with Crippen LogP contribution >= 0.6 is 0 Å². The minimum atomic E-state index is -4.44. The third-order valence-corrected chi connectivity index (χ3v) is 4.61. The van der Waals surface area contributed by atoms with Gasteiger partial charge < -0.3 is 0 Å². The lowest BCUT2D eigenvalue weighted by atomic mass is 9.97. The highest BCUT2D eigenvalue weighted by molar-refractivity contribution is 5.72. The molecule has 4 rings (SSSR count). The topological polar surface area (TPSA) is 58.9 Å².